The van der Waals surface area contributed by atoms with Crippen LogP contribution >= 0.6 is 0 Å². The molecular formula is C11H18O4. The van der Waals surface area contributed by atoms with Crippen molar-refractivity contribution in [2.75, 3.05) is 7.11 Å². The van der Waals surface area contributed by atoms with Crippen molar-refractivity contribution in [3.63, 3.8) is 0 Å². The molecule has 0 heterocycles. The molecule has 1 saturated carbocycles. The quantitative estimate of drug-likeness (QED) is 0.417. The first-order valence-corrected chi connectivity index (χ1v) is 5.31. The maximum absolute atomic E-state index is 11.2. The lowest BCUT2D eigenvalue weighted by Gasteiger charge is -2.19. The zero-order chi connectivity index (χ0) is 11.3. The molecule has 1 aliphatic rings. The first-order valence-electron chi connectivity index (χ1n) is 5.31. The van der Waals surface area contributed by atoms with Gasteiger partial charge in [0.05, 0.1) is 12.7 Å². The molecule has 0 amide bonds. The van der Waals surface area contributed by atoms with Gasteiger partial charge in [-0.3, -0.25) is 0 Å². The van der Waals surface area contributed by atoms with Crippen molar-refractivity contribution in [2.24, 2.45) is 5.92 Å². The van der Waals surface area contributed by atoms with Crippen molar-refractivity contribution in [1.82, 2.24) is 0 Å². The third kappa shape index (κ3) is 3.64. The molecule has 15 heavy (non-hydrogen) atoms. The number of hydrogen-bond donors (Lipinski definition) is 2. The van der Waals surface area contributed by atoms with E-state index in [9.17, 15) is 4.79 Å². The van der Waals surface area contributed by atoms with Gasteiger partial charge in [-0.15, -0.1) is 0 Å². The lowest BCUT2D eigenvalue weighted by atomic mass is 9.88. The molecule has 0 radical (unpaired) electrons. The summed E-state index contributed by atoms with van der Waals surface area (Å²) in [5, 5.41) is 18.1. The van der Waals surface area contributed by atoms with Gasteiger partial charge in [-0.05, 0) is 18.8 Å². The first-order chi connectivity index (χ1) is 7.15. The van der Waals surface area contributed by atoms with E-state index in [1.165, 1.54) is 13.5 Å². The van der Waals surface area contributed by atoms with Crippen LogP contribution in [0.2, 0.25) is 0 Å². The van der Waals surface area contributed by atoms with E-state index >= 15 is 0 Å². The molecule has 86 valence electrons. The lowest BCUT2D eigenvalue weighted by Crippen LogP contribution is -2.20. The van der Waals surface area contributed by atoms with Crippen LogP contribution in [-0.2, 0) is 9.53 Å². The number of methoxy groups -OCH3 is 1. The van der Waals surface area contributed by atoms with E-state index in [4.69, 9.17) is 10.2 Å². The van der Waals surface area contributed by atoms with E-state index in [-0.39, 0.29) is 11.5 Å². The summed E-state index contributed by atoms with van der Waals surface area (Å²) in [7, 11) is 1.24. The van der Waals surface area contributed by atoms with Crippen molar-refractivity contribution in [2.45, 2.75) is 38.4 Å². The van der Waals surface area contributed by atoms with Gasteiger partial charge >= 0.3 is 5.97 Å². The summed E-state index contributed by atoms with van der Waals surface area (Å²) in [4.78, 5) is 11.2. The second-order valence-electron chi connectivity index (χ2n) is 3.89. The summed E-state index contributed by atoms with van der Waals surface area (Å²) in [6.45, 7) is 0. The molecule has 0 bridgehead atoms. The number of allylic oxidation sites excluding steroid dienone is 1. The Bertz CT molecular complexity index is 239. The van der Waals surface area contributed by atoms with Crippen LogP contribution in [0, 0.1) is 5.92 Å². The number of hydrogen-bond acceptors (Lipinski definition) is 4. The van der Waals surface area contributed by atoms with Crippen molar-refractivity contribution in [3.05, 3.63) is 11.6 Å². The molecule has 0 aromatic heterocycles. The maximum atomic E-state index is 11.2. The minimum Gasteiger partial charge on any atom is -0.466 e. The van der Waals surface area contributed by atoms with Gasteiger partial charge in [0.25, 0.3) is 0 Å². The van der Waals surface area contributed by atoms with Gasteiger partial charge < -0.3 is 14.9 Å². The Balaban J connectivity index is 2.68. The highest BCUT2D eigenvalue weighted by Gasteiger charge is 2.20. The Hall–Kier alpha value is -0.870. The lowest BCUT2D eigenvalue weighted by molar-refractivity contribution is -0.140. The predicted molar refractivity (Wildman–Crippen MR) is 54.9 cm³/mol. The Morgan fingerprint density at radius 2 is 1.93 bits per heavy atom. The maximum Gasteiger partial charge on any atom is 0.338 e. The van der Waals surface area contributed by atoms with Gasteiger partial charge in [0.1, 0.15) is 0 Å². The van der Waals surface area contributed by atoms with Crippen molar-refractivity contribution < 1.29 is 19.7 Å². The van der Waals surface area contributed by atoms with E-state index in [1.807, 2.05) is 0 Å². The molecule has 0 aromatic carbocycles. The van der Waals surface area contributed by atoms with E-state index in [2.05, 4.69) is 4.74 Å². The molecule has 1 fully saturated rings. The average Bonchev–Trinajstić information content (AvgIpc) is 2.26. The Kier molecular flexibility index (Phi) is 4.78. The highest BCUT2D eigenvalue weighted by atomic mass is 16.5. The summed E-state index contributed by atoms with van der Waals surface area (Å²) < 4.78 is 4.49. The van der Waals surface area contributed by atoms with E-state index in [0.717, 1.165) is 25.7 Å². The average molecular weight is 214 g/mol. The number of aliphatic hydroxyl groups excluding tert-OH is 1. The van der Waals surface area contributed by atoms with Crippen LogP contribution in [0.15, 0.2) is 11.6 Å². The van der Waals surface area contributed by atoms with Crippen molar-refractivity contribution >= 4 is 5.97 Å². The van der Waals surface area contributed by atoms with Crippen LogP contribution in [-0.4, -0.2) is 29.6 Å². The molecule has 0 atom stereocenters. The van der Waals surface area contributed by atoms with E-state index in [0.29, 0.717) is 0 Å². The Labute approximate surface area is 89.6 Å². The third-order valence-electron chi connectivity index (χ3n) is 2.76. The summed E-state index contributed by atoms with van der Waals surface area (Å²) in [5.41, 5.74) is -0.0376. The molecule has 0 aromatic rings. The van der Waals surface area contributed by atoms with Gasteiger partial charge in [0, 0.05) is 0 Å². The number of rotatable bonds is 3. The largest absolute Gasteiger partial charge is 0.466 e. The topological polar surface area (TPSA) is 66.8 Å². The van der Waals surface area contributed by atoms with Gasteiger partial charge in [-0.1, -0.05) is 25.3 Å². The van der Waals surface area contributed by atoms with E-state index < -0.39 is 12.3 Å². The van der Waals surface area contributed by atoms with Crippen LogP contribution < -0.4 is 0 Å². The molecule has 0 aliphatic heterocycles. The number of aliphatic hydroxyl groups is 2. The van der Waals surface area contributed by atoms with Crippen LogP contribution in [0.25, 0.3) is 0 Å². The standard InChI is InChI=1S/C11H18O4/c1-15-11(14)9(10(12)13)7-8-5-3-2-4-6-8/h7-8,10,12-13H,2-6H2,1H3. The van der Waals surface area contributed by atoms with Crippen LogP contribution in [0.5, 0.6) is 0 Å². The fourth-order valence-electron chi connectivity index (χ4n) is 1.93. The number of carbonyl (C=O) groups excluding carboxylic acids is 1. The smallest absolute Gasteiger partial charge is 0.338 e. The highest BCUT2D eigenvalue weighted by Crippen LogP contribution is 2.26. The third-order valence-corrected chi connectivity index (χ3v) is 2.76. The molecule has 1 aliphatic carbocycles. The molecule has 4 heteroatoms. The Morgan fingerprint density at radius 1 is 1.33 bits per heavy atom. The zero-order valence-corrected chi connectivity index (χ0v) is 8.98. The fraction of sp³-hybridized carbons (Fsp3) is 0.727. The fourth-order valence-corrected chi connectivity index (χ4v) is 1.93. The molecule has 2 N–H and O–H groups in total. The summed E-state index contributed by atoms with van der Waals surface area (Å²) >= 11 is 0. The van der Waals surface area contributed by atoms with Gasteiger partial charge in [-0.2, -0.15) is 0 Å². The van der Waals surface area contributed by atoms with Crippen LogP contribution in [0.3, 0.4) is 0 Å². The predicted octanol–water partition coefficient (Wildman–Crippen LogP) is 0.977. The molecule has 4 nitrogen and oxygen atoms in total. The number of ether oxygens (including phenoxy) is 1. The zero-order valence-electron chi connectivity index (χ0n) is 8.98. The van der Waals surface area contributed by atoms with Gasteiger partial charge in [0.15, 0.2) is 6.29 Å². The normalized spacial score (nSPS) is 19.3. The summed E-state index contributed by atoms with van der Waals surface area (Å²) in [5.74, 6) is -0.384. The highest BCUT2D eigenvalue weighted by molar-refractivity contribution is 5.89. The molecular weight excluding hydrogens is 196 g/mol. The number of esters is 1. The summed E-state index contributed by atoms with van der Waals surface area (Å²) in [6.07, 6.45) is 5.42. The summed E-state index contributed by atoms with van der Waals surface area (Å²) in [6, 6.07) is 0. The second kappa shape index (κ2) is 5.88. The van der Waals surface area contributed by atoms with Crippen molar-refractivity contribution in [3.8, 4) is 0 Å². The molecule has 0 spiro atoms. The van der Waals surface area contributed by atoms with Crippen LogP contribution in [0.4, 0.5) is 0 Å². The van der Waals surface area contributed by atoms with Crippen molar-refractivity contribution in [1.29, 1.82) is 0 Å². The van der Waals surface area contributed by atoms with Gasteiger partial charge in [0.2, 0.25) is 0 Å². The number of carbonyl (C=O) groups is 1. The van der Waals surface area contributed by atoms with Crippen LogP contribution in [0.1, 0.15) is 32.1 Å². The molecule has 0 saturated heterocycles. The Morgan fingerprint density at radius 3 is 2.40 bits per heavy atom. The van der Waals surface area contributed by atoms with Gasteiger partial charge in [-0.25, -0.2) is 4.79 Å². The minimum atomic E-state index is -1.74. The minimum absolute atomic E-state index is 0.0376. The SMILES string of the molecule is COC(=O)C(=CC1CCCCC1)C(O)O. The first kappa shape index (κ1) is 12.2. The van der Waals surface area contributed by atoms with E-state index in [1.54, 1.807) is 6.08 Å². The molecule has 0 unspecified atom stereocenters. The molecule has 1 rings (SSSR count). The monoisotopic (exact) mass is 214 g/mol. The second-order valence-corrected chi connectivity index (χ2v) is 3.89.